The summed E-state index contributed by atoms with van der Waals surface area (Å²) in [6, 6.07) is 10.8. The van der Waals surface area contributed by atoms with Crippen molar-refractivity contribution in [2.45, 2.75) is 25.0 Å². The summed E-state index contributed by atoms with van der Waals surface area (Å²) < 4.78 is 7.15. The van der Waals surface area contributed by atoms with Gasteiger partial charge in [-0.15, -0.1) is 0 Å². The van der Waals surface area contributed by atoms with Gasteiger partial charge in [-0.3, -0.25) is 0 Å². The Bertz CT molecular complexity index is 504. The zero-order valence-corrected chi connectivity index (χ0v) is 10.4. The van der Waals surface area contributed by atoms with E-state index in [1.54, 1.807) is 13.3 Å². The lowest BCUT2D eigenvalue weighted by molar-refractivity contribution is 0.0329. The average molecular weight is 243 g/mol. The van der Waals surface area contributed by atoms with Gasteiger partial charge in [0.05, 0.1) is 11.8 Å². The highest BCUT2D eigenvalue weighted by Crippen LogP contribution is 2.26. The molecular formula is C14H17N3O. The number of ether oxygens (including phenoxy) is 1. The van der Waals surface area contributed by atoms with Crippen LogP contribution in [0.5, 0.6) is 0 Å². The molecule has 1 aromatic carbocycles. The molecule has 4 nitrogen and oxygen atoms in total. The third kappa shape index (κ3) is 2.24. The third-order valence-corrected chi connectivity index (χ3v) is 3.41. The van der Waals surface area contributed by atoms with Crippen LogP contribution in [-0.4, -0.2) is 29.0 Å². The number of anilines is 1. The van der Waals surface area contributed by atoms with Crippen LogP contribution in [0.3, 0.4) is 0 Å². The first-order valence-corrected chi connectivity index (χ1v) is 6.24. The van der Waals surface area contributed by atoms with Crippen LogP contribution in [0.15, 0.2) is 42.7 Å². The van der Waals surface area contributed by atoms with E-state index in [4.69, 9.17) is 4.74 Å². The standard InChI is InChI=1S/C14H17N3O/c1-18-14-9-12(10-14)16-11-4-2-5-13(8-11)17-7-3-6-15-17/h2-8,12,14,16H,9-10H2,1H3. The van der Waals surface area contributed by atoms with Crippen molar-refractivity contribution in [2.24, 2.45) is 0 Å². The van der Waals surface area contributed by atoms with Crippen LogP contribution in [0.1, 0.15) is 12.8 Å². The average Bonchev–Trinajstić information content (AvgIpc) is 2.87. The van der Waals surface area contributed by atoms with Crippen LogP contribution < -0.4 is 5.32 Å². The SMILES string of the molecule is COC1CC(Nc2cccc(-n3cccn3)c2)C1. The highest BCUT2D eigenvalue weighted by Gasteiger charge is 2.28. The lowest BCUT2D eigenvalue weighted by atomic mass is 9.89. The van der Waals surface area contributed by atoms with Crippen molar-refractivity contribution in [3.05, 3.63) is 42.7 Å². The van der Waals surface area contributed by atoms with Crippen molar-refractivity contribution < 1.29 is 4.74 Å². The molecule has 0 bridgehead atoms. The first-order chi connectivity index (χ1) is 8.85. The van der Waals surface area contributed by atoms with Crippen LogP contribution in [-0.2, 0) is 4.74 Å². The lowest BCUT2D eigenvalue weighted by Gasteiger charge is -2.35. The van der Waals surface area contributed by atoms with E-state index in [9.17, 15) is 0 Å². The van der Waals surface area contributed by atoms with E-state index < -0.39 is 0 Å². The number of nitrogens with one attached hydrogen (secondary N) is 1. The first-order valence-electron chi connectivity index (χ1n) is 6.24. The zero-order chi connectivity index (χ0) is 12.4. The second-order valence-electron chi connectivity index (χ2n) is 4.67. The van der Waals surface area contributed by atoms with Crippen LogP contribution in [0, 0.1) is 0 Å². The van der Waals surface area contributed by atoms with Crippen molar-refractivity contribution >= 4 is 5.69 Å². The molecule has 1 aromatic heterocycles. The highest BCUT2D eigenvalue weighted by molar-refractivity contribution is 5.51. The summed E-state index contributed by atoms with van der Waals surface area (Å²) in [6.45, 7) is 0. The molecule has 4 heteroatoms. The summed E-state index contributed by atoms with van der Waals surface area (Å²) in [6.07, 6.45) is 6.33. The maximum Gasteiger partial charge on any atom is 0.0666 e. The Kier molecular flexibility index (Phi) is 3.02. The van der Waals surface area contributed by atoms with Crippen molar-refractivity contribution in [3.8, 4) is 5.69 Å². The Morgan fingerprint density at radius 2 is 2.22 bits per heavy atom. The first kappa shape index (κ1) is 11.3. The molecular weight excluding hydrogens is 226 g/mol. The predicted octanol–water partition coefficient (Wildman–Crippen LogP) is 2.46. The van der Waals surface area contributed by atoms with E-state index in [0.717, 1.165) is 24.2 Å². The quantitative estimate of drug-likeness (QED) is 0.896. The zero-order valence-electron chi connectivity index (χ0n) is 10.4. The number of nitrogens with zero attached hydrogens (tertiary/aromatic N) is 2. The van der Waals surface area contributed by atoms with Crippen LogP contribution in [0.4, 0.5) is 5.69 Å². The second kappa shape index (κ2) is 4.82. The minimum atomic E-state index is 0.428. The van der Waals surface area contributed by atoms with E-state index in [2.05, 4.69) is 28.6 Å². The Balaban J connectivity index is 1.68. The van der Waals surface area contributed by atoms with Gasteiger partial charge in [-0.05, 0) is 37.1 Å². The Morgan fingerprint density at radius 3 is 2.94 bits per heavy atom. The maximum absolute atomic E-state index is 5.28. The fourth-order valence-corrected chi connectivity index (χ4v) is 2.27. The van der Waals surface area contributed by atoms with Gasteiger partial charge >= 0.3 is 0 Å². The van der Waals surface area contributed by atoms with E-state index in [1.165, 1.54) is 0 Å². The molecule has 0 radical (unpaired) electrons. The molecule has 2 aromatic rings. The predicted molar refractivity (Wildman–Crippen MR) is 71.0 cm³/mol. The van der Waals surface area contributed by atoms with E-state index in [1.807, 2.05) is 23.0 Å². The molecule has 0 aliphatic heterocycles. The van der Waals surface area contributed by atoms with Crippen LogP contribution in [0.25, 0.3) is 5.69 Å². The van der Waals surface area contributed by atoms with E-state index >= 15 is 0 Å². The number of rotatable bonds is 4. The van der Waals surface area contributed by atoms with Crippen molar-refractivity contribution in [3.63, 3.8) is 0 Å². The van der Waals surface area contributed by atoms with Gasteiger partial charge in [-0.2, -0.15) is 5.10 Å². The van der Waals surface area contributed by atoms with Gasteiger partial charge in [0, 0.05) is 31.2 Å². The molecule has 1 saturated carbocycles. The van der Waals surface area contributed by atoms with Crippen molar-refractivity contribution in [1.29, 1.82) is 0 Å². The molecule has 18 heavy (non-hydrogen) atoms. The molecule has 1 aliphatic carbocycles. The summed E-state index contributed by atoms with van der Waals surface area (Å²) >= 11 is 0. The summed E-state index contributed by atoms with van der Waals surface area (Å²) in [5, 5.41) is 7.76. The molecule has 94 valence electrons. The summed E-state index contributed by atoms with van der Waals surface area (Å²) in [5.41, 5.74) is 2.22. The maximum atomic E-state index is 5.28. The molecule has 3 rings (SSSR count). The molecule has 0 saturated heterocycles. The minimum Gasteiger partial charge on any atom is -0.382 e. The summed E-state index contributed by atoms with van der Waals surface area (Å²) in [5.74, 6) is 0. The number of hydrogen-bond acceptors (Lipinski definition) is 3. The van der Waals surface area contributed by atoms with Crippen LogP contribution in [0.2, 0.25) is 0 Å². The molecule has 1 fully saturated rings. The fourth-order valence-electron chi connectivity index (χ4n) is 2.27. The molecule has 0 spiro atoms. The van der Waals surface area contributed by atoms with Crippen molar-refractivity contribution in [1.82, 2.24) is 9.78 Å². The molecule has 1 N–H and O–H groups in total. The number of hydrogen-bond donors (Lipinski definition) is 1. The molecule has 1 aliphatic rings. The van der Waals surface area contributed by atoms with E-state index in [0.29, 0.717) is 12.1 Å². The Labute approximate surface area is 107 Å². The highest BCUT2D eigenvalue weighted by atomic mass is 16.5. The van der Waals surface area contributed by atoms with Gasteiger partial charge in [0.25, 0.3) is 0 Å². The van der Waals surface area contributed by atoms with Gasteiger partial charge in [0.1, 0.15) is 0 Å². The monoisotopic (exact) mass is 243 g/mol. The van der Waals surface area contributed by atoms with Gasteiger partial charge in [0.2, 0.25) is 0 Å². The van der Waals surface area contributed by atoms with E-state index in [-0.39, 0.29) is 0 Å². The molecule has 1 heterocycles. The lowest BCUT2D eigenvalue weighted by Crippen LogP contribution is -2.40. The largest absolute Gasteiger partial charge is 0.382 e. The number of methoxy groups -OCH3 is 1. The molecule has 0 unspecified atom stereocenters. The topological polar surface area (TPSA) is 39.1 Å². The fraction of sp³-hybridized carbons (Fsp3) is 0.357. The Morgan fingerprint density at radius 1 is 1.33 bits per heavy atom. The molecule has 0 atom stereocenters. The summed E-state index contributed by atoms with van der Waals surface area (Å²) in [4.78, 5) is 0. The Hall–Kier alpha value is -1.81. The van der Waals surface area contributed by atoms with Crippen LogP contribution >= 0.6 is 0 Å². The van der Waals surface area contributed by atoms with Gasteiger partial charge in [0.15, 0.2) is 0 Å². The smallest absolute Gasteiger partial charge is 0.0666 e. The van der Waals surface area contributed by atoms with Crippen molar-refractivity contribution in [2.75, 3.05) is 12.4 Å². The molecule has 0 amide bonds. The number of benzene rings is 1. The third-order valence-electron chi connectivity index (χ3n) is 3.41. The van der Waals surface area contributed by atoms with Gasteiger partial charge < -0.3 is 10.1 Å². The minimum absolute atomic E-state index is 0.428. The normalized spacial score (nSPS) is 22.5. The second-order valence-corrected chi connectivity index (χ2v) is 4.67. The number of aromatic nitrogens is 2. The summed E-state index contributed by atoms with van der Waals surface area (Å²) in [7, 11) is 1.78. The van der Waals surface area contributed by atoms with Gasteiger partial charge in [-0.1, -0.05) is 6.07 Å². The van der Waals surface area contributed by atoms with Gasteiger partial charge in [-0.25, -0.2) is 4.68 Å².